The minimum atomic E-state index is -4.06. The van der Waals surface area contributed by atoms with Gasteiger partial charge in [-0.25, -0.2) is 12.8 Å². The van der Waals surface area contributed by atoms with Gasteiger partial charge in [0, 0.05) is 35.0 Å². The van der Waals surface area contributed by atoms with E-state index < -0.39 is 20.7 Å². The molecular weight excluding hydrogens is 471 g/mol. The van der Waals surface area contributed by atoms with Gasteiger partial charge in [0.25, 0.3) is 5.91 Å². The smallest absolute Gasteiger partial charge is 0.254 e. The summed E-state index contributed by atoms with van der Waals surface area (Å²) in [5.41, 5.74) is 1.26. The maximum Gasteiger partial charge on any atom is 0.254 e. The average molecular weight is 493 g/mol. The number of benzene rings is 1. The number of nitrogens with zero attached hydrogens (tertiary/aromatic N) is 2. The van der Waals surface area contributed by atoms with Crippen molar-refractivity contribution in [2.75, 3.05) is 32.8 Å². The highest BCUT2D eigenvalue weighted by Gasteiger charge is 2.35. The van der Waals surface area contributed by atoms with Crippen molar-refractivity contribution >= 4 is 38.6 Å². The van der Waals surface area contributed by atoms with Gasteiger partial charge < -0.3 is 9.64 Å². The van der Waals surface area contributed by atoms with E-state index in [9.17, 15) is 17.6 Å². The molecule has 3 aromatic rings. The molecule has 5 rings (SSSR count). The van der Waals surface area contributed by atoms with Crippen molar-refractivity contribution in [2.24, 2.45) is 0 Å². The Hall–Kier alpha value is -2.11. The van der Waals surface area contributed by atoms with Crippen molar-refractivity contribution in [1.29, 1.82) is 0 Å². The molecule has 2 aliphatic rings. The van der Waals surface area contributed by atoms with Crippen LogP contribution in [0, 0.1) is 5.82 Å². The van der Waals surface area contributed by atoms with Crippen molar-refractivity contribution in [3.63, 3.8) is 0 Å². The van der Waals surface area contributed by atoms with Gasteiger partial charge in [-0.3, -0.25) is 4.79 Å². The van der Waals surface area contributed by atoms with Crippen LogP contribution in [0.2, 0.25) is 0 Å². The molecule has 32 heavy (non-hydrogen) atoms. The Morgan fingerprint density at radius 2 is 1.88 bits per heavy atom. The van der Waals surface area contributed by atoms with Crippen molar-refractivity contribution in [3.05, 3.63) is 73.9 Å². The summed E-state index contributed by atoms with van der Waals surface area (Å²) in [6, 6.07) is 9.38. The van der Waals surface area contributed by atoms with Crippen LogP contribution in [-0.2, 0) is 21.2 Å². The van der Waals surface area contributed by atoms with Gasteiger partial charge in [-0.1, -0.05) is 6.07 Å². The van der Waals surface area contributed by atoms with E-state index in [-0.39, 0.29) is 43.8 Å². The average Bonchev–Trinajstić information content (AvgIpc) is 3.51. The summed E-state index contributed by atoms with van der Waals surface area (Å²) in [6.07, 6.45) is 0.737. The second-order valence-corrected chi connectivity index (χ2v) is 11.5. The standard InChI is InChI=1S/C22H21FN2O4S3/c23-17-4-3-15(14-20(17)32(27,28)24-8-10-29-11-9-24)22(26)25-7-5-18-16(6-13-31-18)21(25)19-2-1-12-30-19/h1-4,6,12-14,21H,5,7-11H2/t21-/m0/s1. The number of fused-ring (bicyclic) bond motifs is 1. The van der Waals surface area contributed by atoms with Crippen molar-refractivity contribution < 1.29 is 22.3 Å². The second kappa shape index (κ2) is 8.68. The fourth-order valence-corrected chi connectivity index (χ4v) is 7.47. The molecule has 1 amide bonds. The number of thiophene rings is 2. The molecule has 6 nitrogen and oxygen atoms in total. The molecule has 1 atom stereocenters. The molecule has 0 spiro atoms. The number of hydrogen-bond donors (Lipinski definition) is 0. The number of ether oxygens (including phenoxy) is 1. The molecule has 0 radical (unpaired) electrons. The van der Waals surface area contributed by atoms with Gasteiger partial charge in [0.1, 0.15) is 10.7 Å². The molecule has 0 aliphatic carbocycles. The van der Waals surface area contributed by atoms with Gasteiger partial charge in [-0.2, -0.15) is 4.31 Å². The van der Waals surface area contributed by atoms with Crippen LogP contribution >= 0.6 is 22.7 Å². The largest absolute Gasteiger partial charge is 0.379 e. The summed E-state index contributed by atoms with van der Waals surface area (Å²) in [7, 11) is -4.06. The molecule has 0 saturated carbocycles. The molecule has 2 aliphatic heterocycles. The number of hydrogen-bond acceptors (Lipinski definition) is 6. The molecular formula is C22H21FN2O4S3. The van der Waals surface area contributed by atoms with E-state index in [0.717, 1.165) is 22.9 Å². The summed E-state index contributed by atoms with van der Waals surface area (Å²) in [4.78, 5) is 17.2. The first kappa shape index (κ1) is 21.7. The predicted octanol–water partition coefficient (Wildman–Crippen LogP) is 3.76. The highest BCUT2D eigenvalue weighted by molar-refractivity contribution is 7.89. The maximum absolute atomic E-state index is 14.6. The van der Waals surface area contributed by atoms with E-state index in [1.165, 1.54) is 21.3 Å². The highest BCUT2D eigenvalue weighted by Crippen LogP contribution is 2.40. The van der Waals surface area contributed by atoms with Crippen LogP contribution in [0.4, 0.5) is 4.39 Å². The molecule has 1 aromatic carbocycles. The third kappa shape index (κ3) is 3.80. The second-order valence-electron chi connectivity index (χ2n) is 7.63. The highest BCUT2D eigenvalue weighted by atomic mass is 32.2. The minimum Gasteiger partial charge on any atom is -0.379 e. The molecule has 1 fully saturated rings. The number of morpholine rings is 1. The lowest BCUT2D eigenvalue weighted by molar-refractivity contribution is 0.0697. The van der Waals surface area contributed by atoms with Crippen molar-refractivity contribution in [2.45, 2.75) is 17.4 Å². The number of rotatable bonds is 4. The molecule has 168 valence electrons. The lowest BCUT2D eigenvalue weighted by Gasteiger charge is -2.35. The van der Waals surface area contributed by atoms with Gasteiger partial charge >= 0.3 is 0 Å². The number of carbonyl (C=O) groups excluding carboxylic acids is 1. The molecule has 1 saturated heterocycles. The Morgan fingerprint density at radius 3 is 2.62 bits per heavy atom. The fraction of sp³-hybridized carbons (Fsp3) is 0.318. The Bertz CT molecular complexity index is 1230. The molecule has 2 aromatic heterocycles. The predicted molar refractivity (Wildman–Crippen MR) is 121 cm³/mol. The summed E-state index contributed by atoms with van der Waals surface area (Å²) < 4.78 is 47.1. The first-order valence-corrected chi connectivity index (χ1v) is 13.4. The van der Waals surface area contributed by atoms with E-state index in [0.29, 0.717) is 6.54 Å². The van der Waals surface area contributed by atoms with Gasteiger partial charge in [-0.15, -0.1) is 22.7 Å². The molecule has 4 heterocycles. The van der Waals surface area contributed by atoms with Crippen LogP contribution in [0.25, 0.3) is 0 Å². The molecule has 10 heteroatoms. The monoisotopic (exact) mass is 492 g/mol. The van der Waals surface area contributed by atoms with Gasteiger partial charge in [0.15, 0.2) is 0 Å². The van der Waals surface area contributed by atoms with Gasteiger partial charge in [0.05, 0.1) is 19.3 Å². The Balaban J connectivity index is 1.51. The van der Waals surface area contributed by atoms with E-state index in [1.54, 1.807) is 27.6 Å². The normalized spacial score (nSPS) is 19.7. The van der Waals surface area contributed by atoms with Crippen LogP contribution in [0.15, 0.2) is 52.1 Å². The van der Waals surface area contributed by atoms with Gasteiger partial charge in [-0.05, 0) is 53.1 Å². The number of carbonyl (C=O) groups is 1. The summed E-state index contributed by atoms with van der Waals surface area (Å²) in [5, 5.41) is 4.01. The third-order valence-electron chi connectivity index (χ3n) is 5.81. The van der Waals surface area contributed by atoms with Gasteiger partial charge in [0.2, 0.25) is 10.0 Å². The Morgan fingerprint density at radius 1 is 1.06 bits per heavy atom. The zero-order valence-electron chi connectivity index (χ0n) is 17.1. The third-order valence-corrected chi connectivity index (χ3v) is 9.64. The molecule has 0 N–H and O–H groups in total. The Labute approximate surface area is 193 Å². The lowest BCUT2D eigenvalue weighted by atomic mass is 9.97. The van der Waals surface area contributed by atoms with E-state index in [1.807, 2.05) is 29.0 Å². The Kier molecular flexibility index (Phi) is 5.89. The van der Waals surface area contributed by atoms with E-state index >= 15 is 0 Å². The van der Waals surface area contributed by atoms with Crippen LogP contribution in [-0.4, -0.2) is 56.4 Å². The first-order valence-electron chi connectivity index (χ1n) is 10.2. The lowest BCUT2D eigenvalue weighted by Crippen LogP contribution is -2.41. The fourth-order valence-electron chi connectivity index (χ4n) is 4.21. The van der Waals surface area contributed by atoms with Crippen LogP contribution < -0.4 is 0 Å². The summed E-state index contributed by atoms with van der Waals surface area (Å²) >= 11 is 3.26. The summed E-state index contributed by atoms with van der Waals surface area (Å²) in [5.74, 6) is -1.17. The summed E-state index contributed by atoms with van der Waals surface area (Å²) in [6.45, 7) is 1.36. The van der Waals surface area contributed by atoms with Crippen LogP contribution in [0.3, 0.4) is 0 Å². The topological polar surface area (TPSA) is 66.9 Å². The number of amides is 1. The van der Waals surface area contributed by atoms with E-state index in [2.05, 4.69) is 0 Å². The number of halogens is 1. The maximum atomic E-state index is 14.6. The molecule has 0 bridgehead atoms. The first-order chi connectivity index (χ1) is 15.5. The van der Waals surface area contributed by atoms with Crippen molar-refractivity contribution in [3.8, 4) is 0 Å². The SMILES string of the molecule is O=C(c1ccc(F)c(S(=O)(=O)N2CCOCC2)c1)N1CCc2sccc2[C@H]1c1cccs1. The minimum absolute atomic E-state index is 0.160. The number of sulfonamides is 1. The quantitative estimate of drug-likeness (QED) is 0.556. The zero-order chi connectivity index (χ0) is 22.3. The molecule has 0 unspecified atom stereocenters. The van der Waals surface area contributed by atoms with Crippen LogP contribution in [0.1, 0.15) is 31.7 Å². The van der Waals surface area contributed by atoms with E-state index in [4.69, 9.17) is 4.74 Å². The van der Waals surface area contributed by atoms with Crippen molar-refractivity contribution in [1.82, 2.24) is 9.21 Å². The van der Waals surface area contributed by atoms with Crippen LogP contribution in [0.5, 0.6) is 0 Å². The zero-order valence-corrected chi connectivity index (χ0v) is 19.5.